The van der Waals surface area contributed by atoms with Gasteiger partial charge in [0.2, 0.25) is 0 Å². The van der Waals surface area contributed by atoms with Crippen LogP contribution in [0.3, 0.4) is 0 Å². The van der Waals surface area contributed by atoms with Gasteiger partial charge in [-0.05, 0) is 18.4 Å². The van der Waals surface area contributed by atoms with Crippen molar-refractivity contribution in [1.29, 1.82) is 0 Å². The number of nitro groups is 1. The molecule has 0 atom stereocenters. The molecule has 9 nitrogen and oxygen atoms in total. The van der Waals surface area contributed by atoms with Gasteiger partial charge in [0.05, 0.1) is 24.7 Å². The Morgan fingerprint density at radius 3 is 2.52 bits per heavy atom. The van der Waals surface area contributed by atoms with Crippen LogP contribution in [0.4, 0.5) is 11.4 Å². The van der Waals surface area contributed by atoms with E-state index in [4.69, 9.17) is 14.2 Å². The first-order chi connectivity index (χ1) is 14.9. The number of hydrogen-bond acceptors (Lipinski definition) is 7. The molecule has 1 amide bonds. The third kappa shape index (κ3) is 4.89. The highest BCUT2D eigenvalue weighted by atomic mass is 16.6. The van der Waals surface area contributed by atoms with E-state index in [0.717, 1.165) is 16.8 Å². The topological polar surface area (TPSA) is 117 Å². The Labute approximate surface area is 177 Å². The zero-order valence-corrected chi connectivity index (χ0v) is 16.9. The molecule has 0 fully saturated rings. The Morgan fingerprint density at radius 2 is 1.81 bits per heavy atom. The third-order valence-corrected chi connectivity index (χ3v) is 4.40. The Hall–Kier alpha value is -4.14. The summed E-state index contributed by atoms with van der Waals surface area (Å²) in [6.45, 7) is 1.36. The third-order valence-electron chi connectivity index (χ3n) is 4.40. The highest BCUT2D eigenvalue weighted by Crippen LogP contribution is 2.35. The molecular weight excluding hydrogens is 404 g/mol. The van der Waals surface area contributed by atoms with Crippen molar-refractivity contribution in [2.45, 2.75) is 6.92 Å². The molecule has 9 heteroatoms. The maximum atomic E-state index is 12.5. The number of carbonyl (C=O) groups excluding carboxylic acids is 2. The first kappa shape index (κ1) is 21.6. The number of esters is 1. The van der Waals surface area contributed by atoms with Gasteiger partial charge in [0.25, 0.3) is 11.6 Å². The van der Waals surface area contributed by atoms with Gasteiger partial charge in [-0.1, -0.05) is 36.4 Å². The molecule has 0 aliphatic rings. The number of fused-ring (bicyclic) bond motifs is 1. The molecule has 1 N–H and O–H groups in total. The number of hydrogen-bond donors (Lipinski definition) is 1. The molecule has 0 aliphatic heterocycles. The minimum atomic E-state index is -1.02. The largest absolute Gasteiger partial charge is 0.493 e. The van der Waals surface area contributed by atoms with Crippen LogP contribution in [0, 0.1) is 10.1 Å². The lowest BCUT2D eigenvalue weighted by molar-refractivity contribution is -0.385. The Balaban J connectivity index is 1.76. The molecule has 0 saturated heterocycles. The number of nitro benzene ring substituents is 1. The number of nitrogens with zero attached hydrogens (tertiary/aromatic N) is 1. The minimum Gasteiger partial charge on any atom is -0.493 e. The fourth-order valence-electron chi connectivity index (χ4n) is 3.02. The SMILES string of the molecule is CCOc1cc(C(=O)OCC(=O)Nc2cccc3ccccc23)c([N+](=O)[O-])cc1OC. The van der Waals surface area contributed by atoms with Crippen molar-refractivity contribution < 1.29 is 28.7 Å². The van der Waals surface area contributed by atoms with E-state index < -0.39 is 29.1 Å². The van der Waals surface area contributed by atoms with E-state index in [2.05, 4.69) is 5.32 Å². The number of ether oxygens (including phenoxy) is 3. The van der Waals surface area contributed by atoms with Gasteiger partial charge in [-0.15, -0.1) is 0 Å². The molecule has 160 valence electrons. The second kappa shape index (κ2) is 9.57. The lowest BCUT2D eigenvalue weighted by atomic mass is 10.1. The van der Waals surface area contributed by atoms with Crippen LogP contribution < -0.4 is 14.8 Å². The summed E-state index contributed by atoms with van der Waals surface area (Å²) in [7, 11) is 1.33. The molecule has 31 heavy (non-hydrogen) atoms. The molecule has 0 bridgehead atoms. The van der Waals surface area contributed by atoms with Crippen molar-refractivity contribution in [1.82, 2.24) is 0 Å². The van der Waals surface area contributed by atoms with E-state index in [1.165, 1.54) is 13.2 Å². The molecule has 3 aromatic carbocycles. The fourth-order valence-corrected chi connectivity index (χ4v) is 3.02. The van der Waals surface area contributed by atoms with E-state index in [1.807, 2.05) is 30.3 Å². The summed E-state index contributed by atoms with van der Waals surface area (Å²) in [4.78, 5) is 35.5. The first-order valence-electron chi connectivity index (χ1n) is 9.38. The first-order valence-corrected chi connectivity index (χ1v) is 9.38. The summed E-state index contributed by atoms with van der Waals surface area (Å²) in [5, 5.41) is 15.8. The molecule has 0 radical (unpaired) electrons. The van der Waals surface area contributed by atoms with Crippen LogP contribution in [0.25, 0.3) is 10.8 Å². The number of carbonyl (C=O) groups is 2. The molecular formula is C22H20N2O7. The second-order valence-corrected chi connectivity index (χ2v) is 6.36. The van der Waals surface area contributed by atoms with Crippen molar-refractivity contribution in [2.24, 2.45) is 0 Å². The lowest BCUT2D eigenvalue weighted by Gasteiger charge is -2.12. The van der Waals surface area contributed by atoms with E-state index in [0.29, 0.717) is 5.69 Å². The average molecular weight is 424 g/mol. The summed E-state index contributed by atoms with van der Waals surface area (Å²) in [5.41, 5.74) is -0.291. The molecule has 3 rings (SSSR count). The molecule has 0 spiro atoms. The second-order valence-electron chi connectivity index (χ2n) is 6.36. The van der Waals surface area contributed by atoms with Crippen LogP contribution in [0.5, 0.6) is 11.5 Å². The van der Waals surface area contributed by atoms with Crippen molar-refractivity contribution in [3.63, 3.8) is 0 Å². The lowest BCUT2D eigenvalue weighted by Crippen LogP contribution is -2.21. The molecule has 0 saturated carbocycles. The maximum absolute atomic E-state index is 12.5. The van der Waals surface area contributed by atoms with Gasteiger partial charge >= 0.3 is 5.97 Å². The predicted molar refractivity (Wildman–Crippen MR) is 114 cm³/mol. The number of benzene rings is 3. The van der Waals surface area contributed by atoms with Crippen LogP contribution in [-0.4, -0.2) is 37.1 Å². The average Bonchev–Trinajstić information content (AvgIpc) is 2.77. The van der Waals surface area contributed by atoms with Crippen LogP contribution >= 0.6 is 0 Å². The van der Waals surface area contributed by atoms with Crippen LogP contribution in [0.15, 0.2) is 54.6 Å². The Kier molecular flexibility index (Phi) is 6.66. The Bertz CT molecular complexity index is 1140. The fraction of sp³-hybridized carbons (Fsp3) is 0.182. The molecule has 0 unspecified atom stereocenters. The van der Waals surface area contributed by atoms with Gasteiger partial charge in [-0.3, -0.25) is 14.9 Å². The van der Waals surface area contributed by atoms with E-state index in [1.54, 1.807) is 19.1 Å². The molecule has 0 aliphatic carbocycles. The zero-order valence-electron chi connectivity index (χ0n) is 16.9. The van der Waals surface area contributed by atoms with E-state index in [-0.39, 0.29) is 23.7 Å². The smallest absolute Gasteiger partial charge is 0.345 e. The predicted octanol–water partition coefficient (Wildman–Crippen LogP) is 3.95. The summed E-state index contributed by atoms with van der Waals surface area (Å²) < 4.78 is 15.5. The van der Waals surface area contributed by atoms with Crippen molar-refractivity contribution in [3.8, 4) is 11.5 Å². The number of amides is 1. The zero-order chi connectivity index (χ0) is 22.4. The number of methoxy groups -OCH3 is 1. The number of nitrogens with one attached hydrogen (secondary N) is 1. The van der Waals surface area contributed by atoms with Crippen molar-refractivity contribution in [3.05, 3.63) is 70.3 Å². The van der Waals surface area contributed by atoms with Gasteiger partial charge in [0.1, 0.15) is 5.56 Å². The summed E-state index contributed by atoms with van der Waals surface area (Å²) in [6.07, 6.45) is 0. The van der Waals surface area contributed by atoms with Crippen molar-refractivity contribution in [2.75, 3.05) is 25.6 Å². The molecule has 3 aromatic rings. The maximum Gasteiger partial charge on any atom is 0.345 e. The van der Waals surface area contributed by atoms with E-state index >= 15 is 0 Å². The van der Waals surface area contributed by atoms with Crippen LogP contribution in [0.1, 0.15) is 17.3 Å². The van der Waals surface area contributed by atoms with Gasteiger partial charge < -0.3 is 19.5 Å². The molecule has 0 heterocycles. The van der Waals surface area contributed by atoms with Gasteiger partial charge in [-0.2, -0.15) is 0 Å². The highest BCUT2D eigenvalue weighted by Gasteiger charge is 2.26. The summed E-state index contributed by atoms with van der Waals surface area (Å²) in [5.74, 6) is -1.34. The monoisotopic (exact) mass is 424 g/mol. The Morgan fingerprint density at radius 1 is 1.06 bits per heavy atom. The van der Waals surface area contributed by atoms with Crippen molar-refractivity contribution >= 4 is 34.0 Å². The van der Waals surface area contributed by atoms with Crippen LogP contribution in [-0.2, 0) is 9.53 Å². The minimum absolute atomic E-state index is 0.110. The normalized spacial score (nSPS) is 10.4. The van der Waals surface area contributed by atoms with E-state index in [9.17, 15) is 19.7 Å². The van der Waals surface area contributed by atoms with Crippen LogP contribution in [0.2, 0.25) is 0 Å². The highest BCUT2D eigenvalue weighted by molar-refractivity contribution is 6.03. The number of anilines is 1. The van der Waals surface area contributed by atoms with Gasteiger partial charge in [0.15, 0.2) is 18.1 Å². The quantitative estimate of drug-likeness (QED) is 0.330. The van der Waals surface area contributed by atoms with Gasteiger partial charge in [-0.25, -0.2) is 4.79 Å². The van der Waals surface area contributed by atoms with Gasteiger partial charge in [0, 0.05) is 17.1 Å². The molecule has 0 aromatic heterocycles. The summed E-state index contributed by atoms with van der Waals surface area (Å²) >= 11 is 0. The standard InChI is InChI=1S/C22H20N2O7/c1-3-30-20-11-16(18(24(27)28)12-19(20)29-2)22(26)31-13-21(25)23-17-10-6-8-14-7-4-5-9-15(14)17/h4-12H,3,13H2,1-2H3,(H,23,25). The number of rotatable bonds is 8. The summed E-state index contributed by atoms with van der Waals surface area (Å²) in [6, 6.07) is 15.2.